The molecule has 1 fully saturated rings. The monoisotopic (exact) mass is 476 g/mol. The summed E-state index contributed by atoms with van der Waals surface area (Å²) in [4.78, 5) is 33.8. The summed E-state index contributed by atoms with van der Waals surface area (Å²) >= 11 is 5.67. The van der Waals surface area contributed by atoms with Crippen LogP contribution in [0.2, 0.25) is 0 Å². The average molecular weight is 477 g/mol. The summed E-state index contributed by atoms with van der Waals surface area (Å²) in [7, 11) is 1.61. The summed E-state index contributed by atoms with van der Waals surface area (Å²) in [5.41, 5.74) is 2.36. The summed E-state index contributed by atoms with van der Waals surface area (Å²) in [6, 6.07) is 13.7. The van der Waals surface area contributed by atoms with Crippen LogP contribution in [0.3, 0.4) is 0 Å². The maximum absolute atomic E-state index is 13.4. The number of pyridine rings is 1. The standard InChI is InChI=1S/C24H24N6O3S/c1-16-5-10-21(28-27-16)26-22(31)14-20-23(34)30(18-4-3-12-25-15-18)24(32)29(20)13-11-17-6-8-19(33-2)9-7-17/h3-10,12,15,20H,11,13-14H2,1-2H3,(H,26,28,31). The first-order valence-corrected chi connectivity index (χ1v) is 11.1. The van der Waals surface area contributed by atoms with E-state index >= 15 is 0 Å². The Morgan fingerprint density at radius 2 is 1.94 bits per heavy atom. The molecule has 174 valence electrons. The van der Waals surface area contributed by atoms with E-state index in [0.29, 0.717) is 29.5 Å². The van der Waals surface area contributed by atoms with Crippen molar-refractivity contribution in [2.45, 2.75) is 25.8 Å². The minimum absolute atomic E-state index is 0.000492. The van der Waals surface area contributed by atoms with Gasteiger partial charge >= 0.3 is 6.03 Å². The SMILES string of the molecule is COc1ccc(CCN2C(=O)N(c3cccnc3)C(=S)C2CC(=O)Nc2ccc(C)nn2)cc1. The highest BCUT2D eigenvalue weighted by Crippen LogP contribution is 2.28. The number of carbonyl (C=O) groups is 2. The Balaban J connectivity index is 1.53. The number of thiocarbonyl (C=S) groups is 1. The molecule has 2 aromatic heterocycles. The highest BCUT2D eigenvalue weighted by molar-refractivity contribution is 7.80. The molecule has 3 amide bonds. The number of methoxy groups -OCH3 is 1. The molecule has 1 aromatic carbocycles. The van der Waals surface area contributed by atoms with Crippen LogP contribution in [0.5, 0.6) is 5.75 Å². The Morgan fingerprint density at radius 3 is 2.59 bits per heavy atom. The van der Waals surface area contributed by atoms with E-state index in [2.05, 4.69) is 20.5 Å². The fourth-order valence-corrected chi connectivity index (χ4v) is 4.08. The first kappa shape index (κ1) is 23.2. The third-order valence-electron chi connectivity index (χ3n) is 5.47. The Morgan fingerprint density at radius 1 is 1.15 bits per heavy atom. The van der Waals surface area contributed by atoms with E-state index in [1.807, 2.05) is 31.2 Å². The number of ether oxygens (including phenoxy) is 1. The molecule has 3 aromatic rings. The van der Waals surface area contributed by atoms with Crippen molar-refractivity contribution in [1.29, 1.82) is 0 Å². The third kappa shape index (κ3) is 5.18. The summed E-state index contributed by atoms with van der Waals surface area (Å²) in [6.07, 6.45) is 3.80. The number of amides is 3. The lowest BCUT2D eigenvalue weighted by molar-refractivity contribution is -0.116. The van der Waals surface area contributed by atoms with Gasteiger partial charge in [-0.3, -0.25) is 14.7 Å². The van der Waals surface area contributed by atoms with Crippen LogP contribution in [0, 0.1) is 6.92 Å². The van der Waals surface area contributed by atoms with E-state index in [0.717, 1.165) is 17.0 Å². The molecule has 1 atom stereocenters. The van der Waals surface area contributed by atoms with Gasteiger partial charge in [0.15, 0.2) is 5.82 Å². The maximum Gasteiger partial charge on any atom is 0.330 e. The van der Waals surface area contributed by atoms with Gasteiger partial charge in [-0.1, -0.05) is 24.4 Å². The molecule has 10 heteroatoms. The van der Waals surface area contributed by atoms with Gasteiger partial charge in [-0.25, -0.2) is 4.79 Å². The van der Waals surface area contributed by atoms with Crippen molar-refractivity contribution in [2.75, 3.05) is 23.9 Å². The molecule has 0 bridgehead atoms. The highest BCUT2D eigenvalue weighted by Gasteiger charge is 2.43. The minimum atomic E-state index is -0.584. The Labute approximate surface area is 202 Å². The van der Waals surface area contributed by atoms with Crippen molar-refractivity contribution in [2.24, 2.45) is 0 Å². The number of aryl methyl sites for hydroxylation is 1. The quantitative estimate of drug-likeness (QED) is 0.497. The molecule has 0 spiro atoms. The lowest BCUT2D eigenvalue weighted by Gasteiger charge is -2.22. The second-order valence-corrected chi connectivity index (χ2v) is 8.21. The van der Waals surface area contributed by atoms with Crippen molar-refractivity contribution < 1.29 is 14.3 Å². The van der Waals surface area contributed by atoms with Gasteiger partial charge in [0.05, 0.1) is 37.2 Å². The first-order valence-electron chi connectivity index (χ1n) is 10.7. The van der Waals surface area contributed by atoms with Crippen LogP contribution < -0.4 is 15.0 Å². The van der Waals surface area contributed by atoms with E-state index < -0.39 is 6.04 Å². The van der Waals surface area contributed by atoms with Crippen molar-refractivity contribution in [3.63, 3.8) is 0 Å². The van der Waals surface area contributed by atoms with Crippen molar-refractivity contribution in [3.8, 4) is 5.75 Å². The van der Waals surface area contributed by atoms with E-state index in [4.69, 9.17) is 17.0 Å². The number of benzene rings is 1. The van der Waals surface area contributed by atoms with Gasteiger partial charge in [0.2, 0.25) is 5.91 Å². The number of hydrogen-bond donors (Lipinski definition) is 1. The van der Waals surface area contributed by atoms with Gasteiger partial charge in [-0.2, -0.15) is 5.10 Å². The van der Waals surface area contributed by atoms with Crippen LogP contribution in [-0.4, -0.2) is 56.7 Å². The summed E-state index contributed by atoms with van der Waals surface area (Å²) in [6.45, 7) is 2.21. The highest BCUT2D eigenvalue weighted by atomic mass is 32.1. The number of urea groups is 1. The van der Waals surface area contributed by atoms with Gasteiger partial charge < -0.3 is 15.0 Å². The number of carbonyl (C=O) groups excluding carboxylic acids is 2. The predicted molar refractivity (Wildman–Crippen MR) is 132 cm³/mol. The number of anilines is 2. The lowest BCUT2D eigenvalue weighted by atomic mass is 10.1. The molecule has 1 unspecified atom stereocenters. The molecule has 1 aliphatic rings. The molecule has 9 nitrogen and oxygen atoms in total. The largest absolute Gasteiger partial charge is 0.497 e. The van der Waals surface area contributed by atoms with E-state index in [1.54, 1.807) is 48.7 Å². The number of hydrogen-bond acceptors (Lipinski definition) is 7. The minimum Gasteiger partial charge on any atom is -0.497 e. The summed E-state index contributed by atoms with van der Waals surface area (Å²) in [5, 5.41) is 10.7. The van der Waals surface area contributed by atoms with Crippen LogP contribution in [0.1, 0.15) is 17.7 Å². The zero-order valence-corrected chi connectivity index (χ0v) is 19.7. The average Bonchev–Trinajstić information content (AvgIpc) is 3.08. The zero-order valence-electron chi connectivity index (χ0n) is 18.8. The molecular formula is C24H24N6O3S. The van der Waals surface area contributed by atoms with Gasteiger partial charge in [-0.15, -0.1) is 5.10 Å². The van der Waals surface area contributed by atoms with Crippen LogP contribution in [-0.2, 0) is 11.2 Å². The molecule has 1 aliphatic heterocycles. The number of rotatable bonds is 8. The normalized spacial score (nSPS) is 15.5. The summed E-state index contributed by atoms with van der Waals surface area (Å²) in [5.74, 6) is 0.805. The Kier molecular flexibility index (Phi) is 7.07. The Bertz CT molecular complexity index is 1170. The van der Waals surface area contributed by atoms with Crippen molar-refractivity contribution >= 4 is 40.6 Å². The van der Waals surface area contributed by atoms with Crippen LogP contribution in [0.4, 0.5) is 16.3 Å². The zero-order chi connectivity index (χ0) is 24.1. The van der Waals surface area contributed by atoms with Gasteiger partial charge in [0.1, 0.15) is 10.7 Å². The summed E-state index contributed by atoms with van der Waals surface area (Å²) < 4.78 is 5.21. The number of nitrogens with one attached hydrogen (secondary N) is 1. The predicted octanol–water partition coefficient (Wildman–Crippen LogP) is 3.40. The molecule has 1 N–H and O–H groups in total. The molecule has 0 radical (unpaired) electrons. The maximum atomic E-state index is 13.4. The molecule has 0 aliphatic carbocycles. The molecule has 0 saturated carbocycles. The third-order valence-corrected chi connectivity index (χ3v) is 5.92. The van der Waals surface area contributed by atoms with Gasteiger partial charge in [0, 0.05) is 12.7 Å². The lowest BCUT2D eigenvalue weighted by Crippen LogP contribution is -2.39. The second-order valence-electron chi connectivity index (χ2n) is 7.79. The Hall–Kier alpha value is -3.92. The van der Waals surface area contributed by atoms with Gasteiger partial charge in [0.25, 0.3) is 0 Å². The van der Waals surface area contributed by atoms with Crippen molar-refractivity contribution in [1.82, 2.24) is 20.1 Å². The molecule has 34 heavy (non-hydrogen) atoms. The fourth-order valence-electron chi connectivity index (χ4n) is 3.69. The molecule has 1 saturated heterocycles. The molecular weight excluding hydrogens is 452 g/mol. The van der Waals surface area contributed by atoms with E-state index in [-0.39, 0.29) is 18.4 Å². The fraction of sp³-hybridized carbons (Fsp3) is 0.250. The van der Waals surface area contributed by atoms with Crippen LogP contribution >= 0.6 is 12.2 Å². The van der Waals surface area contributed by atoms with Crippen molar-refractivity contribution in [3.05, 3.63) is 72.2 Å². The van der Waals surface area contributed by atoms with Crippen LogP contribution in [0.15, 0.2) is 60.9 Å². The molecule has 4 rings (SSSR count). The van der Waals surface area contributed by atoms with E-state index in [1.165, 1.54) is 4.90 Å². The first-order chi connectivity index (χ1) is 16.5. The second kappa shape index (κ2) is 10.3. The molecule has 3 heterocycles. The van der Waals surface area contributed by atoms with Crippen LogP contribution in [0.25, 0.3) is 0 Å². The number of nitrogens with zero attached hydrogens (tertiary/aromatic N) is 5. The van der Waals surface area contributed by atoms with Gasteiger partial charge in [-0.05, 0) is 55.3 Å². The topological polar surface area (TPSA) is 101 Å². The smallest absolute Gasteiger partial charge is 0.330 e. The number of aromatic nitrogens is 3. The van der Waals surface area contributed by atoms with E-state index in [9.17, 15) is 9.59 Å².